The fourth-order valence-corrected chi connectivity index (χ4v) is 3.33. The molecule has 0 spiro atoms. The van der Waals surface area contributed by atoms with Gasteiger partial charge in [0.25, 0.3) is 5.91 Å². The molecular formula is C17H13N3O2S. The van der Waals surface area contributed by atoms with Crippen molar-refractivity contribution in [2.75, 3.05) is 12.4 Å². The fraction of sp³-hybridized carbons (Fsp3) is 0.0588. The average Bonchev–Trinajstić information content (AvgIpc) is 3.17. The van der Waals surface area contributed by atoms with Crippen molar-refractivity contribution in [2.24, 2.45) is 0 Å². The number of H-pyrrole nitrogens is 1. The van der Waals surface area contributed by atoms with Crippen LogP contribution in [0.4, 0.5) is 5.13 Å². The lowest BCUT2D eigenvalue weighted by Crippen LogP contribution is -2.11. The molecule has 1 amide bonds. The zero-order valence-corrected chi connectivity index (χ0v) is 13.1. The van der Waals surface area contributed by atoms with Crippen LogP contribution in [0.25, 0.3) is 21.1 Å². The zero-order valence-electron chi connectivity index (χ0n) is 12.3. The third kappa shape index (κ3) is 2.53. The molecule has 0 saturated carbocycles. The number of rotatable bonds is 3. The Kier molecular flexibility index (Phi) is 3.24. The number of thiazole rings is 1. The van der Waals surface area contributed by atoms with E-state index in [1.54, 1.807) is 7.11 Å². The highest BCUT2D eigenvalue weighted by Crippen LogP contribution is 2.29. The van der Waals surface area contributed by atoms with Crippen LogP contribution in [0.2, 0.25) is 0 Å². The molecule has 2 heterocycles. The summed E-state index contributed by atoms with van der Waals surface area (Å²) < 4.78 is 6.17. The molecule has 23 heavy (non-hydrogen) atoms. The molecule has 0 aliphatic heterocycles. The standard InChI is InChI=1S/C17H13N3O2S/c1-22-11-6-7-13-15(9-11)23-17(19-13)20-16(21)14-8-10-4-2-3-5-12(10)18-14/h2-9,18H,1H3,(H,19,20,21). The summed E-state index contributed by atoms with van der Waals surface area (Å²) in [7, 11) is 1.63. The first kappa shape index (κ1) is 13.8. The van der Waals surface area contributed by atoms with Gasteiger partial charge in [-0.25, -0.2) is 4.98 Å². The van der Waals surface area contributed by atoms with Crippen molar-refractivity contribution in [1.82, 2.24) is 9.97 Å². The second-order valence-electron chi connectivity index (χ2n) is 5.08. The molecular weight excluding hydrogens is 310 g/mol. The molecule has 0 aliphatic rings. The summed E-state index contributed by atoms with van der Waals surface area (Å²) in [6.45, 7) is 0. The van der Waals surface area contributed by atoms with Gasteiger partial charge in [0.15, 0.2) is 5.13 Å². The predicted molar refractivity (Wildman–Crippen MR) is 92.4 cm³/mol. The van der Waals surface area contributed by atoms with E-state index in [4.69, 9.17) is 4.74 Å². The van der Waals surface area contributed by atoms with Gasteiger partial charge in [-0.15, -0.1) is 0 Å². The van der Waals surface area contributed by atoms with Gasteiger partial charge in [0.05, 0.1) is 17.3 Å². The van der Waals surface area contributed by atoms with Gasteiger partial charge in [-0.2, -0.15) is 0 Å². The molecule has 0 bridgehead atoms. The molecule has 0 radical (unpaired) electrons. The minimum atomic E-state index is -0.202. The van der Waals surface area contributed by atoms with E-state index in [1.165, 1.54) is 11.3 Å². The maximum absolute atomic E-state index is 12.4. The molecule has 0 fully saturated rings. The van der Waals surface area contributed by atoms with Crippen molar-refractivity contribution < 1.29 is 9.53 Å². The van der Waals surface area contributed by atoms with E-state index < -0.39 is 0 Å². The van der Waals surface area contributed by atoms with Gasteiger partial charge < -0.3 is 9.72 Å². The fourth-order valence-electron chi connectivity index (χ4n) is 2.45. The van der Waals surface area contributed by atoms with Crippen LogP contribution < -0.4 is 10.1 Å². The molecule has 2 aromatic heterocycles. The molecule has 0 saturated heterocycles. The Morgan fingerprint density at radius 2 is 2.09 bits per heavy atom. The van der Waals surface area contributed by atoms with Crippen LogP contribution in [0, 0.1) is 0 Å². The van der Waals surface area contributed by atoms with Crippen LogP contribution in [-0.4, -0.2) is 23.0 Å². The van der Waals surface area contributed by atoms with Crippen LogP contribution in [-0.2, 0) is 0 Å². The topological polar surface area (TPSA) is 67.0 Å². The van der Waals surface area contributed by atoms with Crippen LogP contribution in [0.5, 0.6) is 5.75 Å². The van der Waals surface area contributed by atoms with Crippen molar-refractivity contribution in [1.29, 1.82) is 0 Å². The highest BCUT2D eigenvalue weighted by atomic mass is 32.1. The Morgan fingerprint density at radius 1 is 1.22 bits per heavy atom. The molecule has 4 rings (SSSR count). The van der Waals surface area contributed by atoms with Gasteiger partial charge in [0.1, 0.15) is 11.4 Å². The molecule has 4 aromatic rings. The van der Waals surface area contributed by atoms with Crippen molar-refractivity contribution >= 4 is 43.5 Å². The smallest absolute Gasteiger partial charge is 0.273 e. The summed E-state index contributed by atoms with van der Waals surface area (Å²) in [5, 5.41) is 4.42. The van der Waals surface area contributed by atoms with E-state index in [9.17, 15) is 4.79 Å². The Labute approximate surface area is 135 Å². The number of carbonyl (C=O) groups is 1. The summed E-state index contributed by atoms with van der Waals surface area (Å²) in [6, 6.07) is 15.3. The van der Waals surface area contributed by atoms with Crippen LogP contribution in [0.1, 0.15) is 10.5 Å². The number of nitrogens with one attached hydrogen (secondary N) is 2. The van der Waals surface area contributed by atoms with E-state index >= 15 is 0 Å². The Morgan fingerprint density at radius 3 is 2.91 bits per heavy atom. The van der Waals surface area contributed by atoms with Crippen molar-refractivity contribution in [3.05, 3.63) is 54.2 Å². The molecule has 5 nitrogen and oxygen atoms in total. The largest absolute Gasteiger partial charge is 0.497 e. The summed E-state index contributed by atoms with van der Waals surface area (Å²) in [6.07, 6.45) is 0. The number of aromatic nitrogens is 2. The minimum absolute atomic E-state index is 0.202. The summed E-state index contributed by atoms with van der Waals surface area (Å²) in [5.74, 6) is 0.571. The molecule has 114 valence electrons. The number of anilines is 1. The van der Waals surface area contributed by atoms with Crippen LogP contribution >= 0.6 is 11.3 Å². The number of carbonyl (C=O) groups excluding carboxylic acids is 1. The maximum atomic E-state index is 12.4. The molecule has 0 atom stereocenters. The van der Waals surface area contributed by atoms with E-state index in [0.717, 1.165) is 26.9 Å². The lowest BCUT2D eigenvalue weighted by atomic mass is 10.2. The molecule has 6 heteroatoms. The van der Waals surface area contributed by atoms with Gasteiger partial charge in [-0.1, -0.05) is 29.5 Å². The monoisotopic (exact) mass is 323 g/mol. The van der Waals surface area contributed by atoms with Gasteiger partial charge >= 0.3 is 0 Å². The SMILES string of the molecule is COc1ccc2nc(NC(=O)c3cc4ccccc4[nH]3)sc2c1. The number of amides is 1. The number of aromatic amines is 1. The number of hydrogen-bond acceptors (Lipinski definition) is 4. The Balaban J connectivity index is 1.62. The normalized spacial score (nSPS) is 11.0. The molecule has 0 unspecified atom stereocenters. The van der Waals surface area contributed by atoms with E-state index in [1.807, 2.05) is 48.5 Å². The van der Waals surface area contributed by atoms with E-state index in [-0.39, 0.29) is 5.91 Å². The maximum Gasteiger partial charge on any atom is 0.273 e. The lowest BCUT2D eigenvalue weighted by Gasteiger charge is -1.97. The van der Waals surface area contributed by atoms with E-state index in [2.05, 4.69) is 15.3 Å². The Hall–Kier alpha value is -2.86. The predicted octanol–water partition coefficient (Wildman–Crippen LogP) is 4.04. The van der Waals surface area contributed by atoms with Crippen molar-refractivity contribution in [3.8, 4) is 5.75 Å². The number of fused-ring (bicyclic) bond motifs is 2. The molecule has 0 aliphatic carbocycles. The quantitative estimate of drug-likeness (QED) is 0.598. The number of benzene rings is 2. The second-order valence-corrected chi connectivity index (χ2v) is 6.11. The van der Waals surface area contributed by atoms with Crippen LogP contribution in [0.3, 0.4) is 0 Å². The molecule has 2 N–H and O–H groups in total. The van der Waals surface area contributed by atoms with Gasteiger partial charge in [0, 0.05) is 10.9 Å². The van der Waals surface area contributed by atoms with Gasteiger partial charge in [-0.05, 0) is 30.3 Å². The van der Waals surface area contributed by atoms with Gasteiger partial charge in [0.2, 0.25) is 0 Å². The van der Waals surface area contributed by atoms with E-state index in [0.29, 0.717) is 10.8 Å². The van der Waals surface area contributed by atoms with Crippen molar-refractivity contribution in [2.45, 2.75) is 0 Å². The number of methoxy groups -OCH3 is 1. The van der Waals surface area contributed by atoms with Crippen LogP contribution in [0.15, 0.2) is 48.5 Å². The first-order valence-corrected chi connectivity index (χ1v) is 7.88. The number of ether oxygens (including phenoxy) is 1. The lowest BCUT2D eigenvalue weighted by molar-refractivity contribution is 0.102. The molecule has 2 aromatic carbocycles. The summed E-state index contributed by atoms with van der Waals surface area (Å²) in [5.41, 5.74) is 2.29. The third-order valence-electron chi connectivity index (χ3n) is 3.59. The van der Waals surface area contributed by atoms with Crippen molar-refractivity contribution in [3.63, 3.8) is 0 Å². The Bertz CT molecular complexity index is 986. The van der Waals surface area contributed by atoms with Gasteiger partial charge in [-0.3, -0.25) is 10.1 Å². The number of para-hydroxylation sites is 1. The second kappa shape index (κ2) is 5.40. The number of nitrogens with zero attached hydrogens (tertiary/aromatic N) is 1. The summed E-state index contributed by atoms with van der Waals surface area (Å²) >= 11 is 1.42. The average molecular weight is 323 g/mol. The minimum Gasteiger partial charge on any atom is -0.497 e. The first-order chi connectivity index (χ1) is 11.2. The third-order valence-corrected chi connectivity index (χ3v) is 4.52. The summed E-state index contributed by atoms with van der Waals surface area (Å²) in [4.78, 5) is 19.9. The highest BCUT2D eigenvalue weighted by molar-refractivity contribution is 7.22. The first-order valence-electron chi connectivity index (χ1n) is 7.06. The highest BCUT2D eigenvalue weighted by Gasteiger charge is 2.12. The zero-order chi connectivity index (χ0) is 15.8. The number of hydrogen-bond donors (Lipinski definition) is 2.